The molecule has 4 rings (SSSR count). The minimum atomic E-state index is -0.401. The Balaban J connectivity index is 1.44. The van der Waals surface area contributed by atoms with Crippen molar-refractivity contribution in [2.45, 2.75) is 12.5 Å². The van der Waals surface area contributed by atoms with Gasteiger partial charge < -0.3 is 10.2 Å². The Morgan fingerprint density at radius 3 is 2.46 bits per heavy atom. The number of nitro groups is 1. The summed E-state index contributed by atoms with van der Waals surface area (Å²) >= 11 is 0. The zero-order valence-corrected chi connectivity index (χ0v) is 15.5. The van der Waals surface area contributed by atoms with Crippen molar-refractivity contribution in [2.75, 3.05) is 19.6 Å². The third kappa shape index (κ3) is 3.83. The van der Waals surface area contributed by atoms with E-state index in [2.05, 4.69) is 29.2 Å². The first-order valence-electron chi connectivity index (χ1n) is 9.45. The average molecular weight is 377 g/mol. The highest BCUT2D eigenvalue weighted by molar-refractivity contribution is 5.59. The molecule has 2 aromatic carbocycles. The van der Waals surface area contributed by atoms with Crippen LogP contribution in [0.2, 0.25) is 0 Å². The number of nitrogens with zero attached hydrogens (tertiary/aromatic N) is 2. The second-order valence-corrected chi connectivity index (χ2v) is 7.28. The molecule has 2 heterocycles. The summed E-state index contributed by atoms with van der Waals surface area (Å²) in [6, 6.07) is 20.9. The number of furan rings is 1. The normalized spacial score (nSPS) is 19.8. The van der Waals surface area contributed by atoms with E-state index in [0.29, 0.717) is 18.4 Å². The fourth-order valence-electron chi connectivity index (χ4n) is 3.99. The van der Waals surface area contributed by atoms with Gasteiger partial charge in [0.25, 0.3) is 5.69 Å². The molecule has 0 radical (unpaired) electrons. The van der Waals surface area contributed by atoms with E-state index in [-0.39, 0.29) is 5.69 Å². The predicted octanol–water partition coefficient (Wildman–Crippen LogP) is 4.03. The van der Waals surface area contributed by atoms with E-state index < -0.39 is 4.92 Å². The predicted molar refractivity (Wildman–Crippen MR) is 108 cm³/mol. The van der Waals surface area contributed by atoms with Crippen LogP contribution in [-0.4, -0.2) is 29.5 Å². The highest BCUT2D eigenvalue weighted by Crippen LogP contribution is 2.33. The van der Waals surface area contributed by atoms with Crippen LogP contribution in [0.5, 0.6) is 0 Å². The minimum absolute atomic E-state index is 0.0763. The molecule has 144 valence electrons. The van der Waals surface area contributed by atoms with E-state index in [9.17, 15) is 10.1 Å². The highest BCUT2D eigenvalue weighted by Gasteiger charge is 2.33. The standard InChI is InChI=1S/C22H23N3O3/c23-12-18-13-24(15-21(18)16-4-2-1-3-5-16)14-20-10-11-22(28-20)17-6-8-19(9-7-17)25(26)27/h1-11,18,21H,12-15,23H2/t18-,21+/m1/s1. The van der Waals surface area contributed by atoms with Crippen molar-refractivity contribution in [3.05, 3.63) is 88.2 Å². The van der Waals surface area contributed by atoms with Gasteiger partial charge in [0.15, 0.2) is 0 Å². The Labute approximate surface area is 163 Å². The van der Waals surface area contributed by atoms with Gasteiger partial charge in [-0.1, -0.05) is 30.3 Å². The smallest absolute Gasteiger partial charge is 0.269 e. The molecule has 3 aromatic rings. The lowest BCUT2D eigenvalue weighted by Gasteiger charge is -2.16. The van der Waals surface area contributed by atoms with Crippen LogP contribution >= 0.6 is 0 Å². The Morgan fingerprint density at radius 2 is 1.79 bits per heavy atom. The summed E-state index contributed by atoms with van der Waals surface area (Å²) in [5.41, 5.74) is 8.28. The third-order valence-electron chi connectivity index (χ3n) is 5.45. The molecule has 0 unspecified atom stereocenters. The Kier molecular flexibility index (Phi) is 5.23. The Hall–Kier alpha value is -2.96. The number of benzene rings is 2. The number of likely N-dealkylation sites (tertiary alicyclic amines) is 1. The van der Waals surface area contributed by atoms with E-state index in [0.717, 1.165) is 36.7 Å². The van der Waals surface area contributed by atoms with Crippen LogP contribution in [0.15, 0.2) is 71.1 Å². The molecular weight excluding hydrogens is 354 g/mol. The lowest BCUT2D eigenvalue weighted by atomic mass is 9.89. The summed E-state index contributed by atoms with van der Waals surface area (Å²) in [4.78, 5) is 12.8. The van der Waals surface area contributed by atoms with Gasteiger partial charge in [-0.2, -0.15) is 0 Å². The summed E-state index contributed by atoms with van der Waals surface area (Å²) in [6.45, 7) is 3.30. The van der Waals surface area contributed by atoms with Gasteiger partial charge in [-0.3, -0.25) is 15.0 Å². The second kappa shape index (κ2) is 7.96. The number of nitro benzene ring substituents is 1. The molecule has 1 aliphatic heterocycles. The lowest BCUT2D eigenvalue weighted by Crippen LogP contribution is -2.23. The van der Waals surface area contributed by atoms with Gasteiger partial charge in [-0.05, 0) is 42.3 Å². The van der Waals surface area contributed by atoms with Gasteiger partial charge in [-0.25, -0.2) is 0 Å². The van der Waals surface area contributed by atoms with Gasteiger partial charge in [0.05, 0.1) is 11.5 Å². The van der Waals surface area contributed by atoms with Gasteiger partial charge in [0, 0.05) is 36.7 Å². The van der Waals surface area contributed by atoms with Crippen molar-refractivity contribution in [1.29, 1.82) is 0 Å². The van der Waals surface area contributed by atoms with Crippen molar-refractivity contribution < 1.29 is 9.34 Å². The maximum atomic E-state index is 10.8. The SMILES string of the molecule is NC[C@@H]1CN(Cc2ccc(-c3ccc([N+](=O)[O-])cc3)o2)C[C@H]1c1ccccc1. The number of rotatable bonds is 6. The molecule has 1 saturated heterocycles. The second-order valence-electron chi connectivity index (χ2n) is 7.28. The van der Waals surface area contributed by atoms with E-state index in [1.54, 1.807) is 12.1 Å². The maximum Gasteiger partial charge on any atom is 0.269 e. The van der Waals surface area contributed by atoms with E-state index in [1.165, 1.54) is 17.7 Å². The summed E-state index contributed by atoms with van der Waals surface area (Å²) < 4.78 is 6.00. The number of nitrogens with two attached hydrogens (primary N) is 1. The zero-order chi connectivity index (χ0) is 19.5. The molecule has 2 N–H and O–H groups in total. The molecule has 1 aliphatic rings. The van der Waals surface area contributed by atoms with Gasteiger partial charge in [0.1, 0.15) is 11.5 Å². The molecule has 0 aliphatic carbocycles. The largest absolute Gasteiger partial charge is 0.460 e. The molecule has 1 aromatic heterocycles. The molecule has 0 bridgehead atoms. The summed E-state index contributed by atoms with van der Waals surface area (Å²) in [7, 11) is 0. The van der Waals surface area contributed by atoms with Crippen LogP contribution in [-0.2, 0) is 6.54 Å². The average Bonchev–Trinajstić information content (AvgIpc) is 3.36. The van der Waals surface area contributed by atoms with Crippen molar-refractivity contribution in [3.63, 3.8) is 0 Å². The molecule has 0 spiro atoms. The monoisotopic (exact) mass is 377 g/mol. The fourth-order valence-corrected chi connectivity index (χ4v) is 3.99. The Bertz CT molecular complexity index is 937. The van der Waals surface area contributed by atoms with E-state index >= 15 is 0 Å². The quantitative estimate of drug-likeness (QED) is 0.518. The van der Waals surface area contributed by atoms with E-state index in [4.69, 9.17) is 10.2 Å². The highest BCUT2D eigenvalue weighted by atomic mass is 16.6. The minimum Gasteiger partial charge on any atom is -0.460 e. The van der Waals surface area contributed by atoms with E-state index in [1.807, 2.05) is 18.2 Å². The number of hydrogen-bond donors (Lipinski definition) is 1. The molecule has 0 saturated carbocycles. The summed E-state index contributed by atoms with van der Waals surface area (Å²) in [5, 5.41) is 10.8. The molecule has 6 heteroatoms. The van der Waals surface area contributed by atoms with Gasteiger partial charge in [-0.15, -0.1) is 0 Å². The van der Waals surface area contributed by atoms with Crippen molar-refractivity contribution in [3.8, 4) is 11.3 Å². The molecular formula is C22H23N3O3. The first kappa shape index (κ1) is 18.4. The fraction of sp³-hybridized carbons (Fsp3) is 0.273. The zero-order valence-electron chi connectivity index (χ0n) is 15.5. The molecule has 6 nitrogen and oxygen atoms in total. The Morgan fingerprint density at radius 1 is 1.04 bits per heavy atom. The van der Waals surface area contributed by atoms with Crippen LogP contribution < -0.4 is 5.73 Å². The van der Waals surface area contributed by atoms with Crippen LogP contribution in [0.3, 0.4) is 0 Å². The maximum absolute atomic E-state index is 10.8. The number of non-ortho nitro benzene ring substituents is 1. The molecule has 28 heavy (non-hydrogen) atoms. The first-order valence-corrected chi connectivity index (χ1v) is 9.45. The topological polar surface area (TPSA) is 85.5 Å². The van der Waals surface area contributed by atoms with Gasteiger partial charge >= 0.3 is 0 Å². The van der Waals surface area contributed by atoms with Crippen LogP contribution in [0.1, 0.15) is 17.2 Å². The lowest BCUT2D eigenvalue weighted by molar-refractivity contribution is -0.384. The molecule has 0 amide bonds. The first-order chi connectivity index (χ1) is 13.6. The summed E-state index contributed by atoms with van der Waals surface area (Å²) in [5.74, 6) is 2.48. The van der Waals surface area contributed by atoms with Crippen LogP contribution in [0, 0.1) is 16.0 Å². The van der Waals surface area contributed by atoms with Crippen molar-refractivity contribution >= 4 is 5.69 Å². The van der Waals surface area contributed by atoms with Crippen LogP contribution in [0.4, 0.5) is 5.69 Å². The van der Waals surface area contributed by atoms with Crippen LogP contribution in [0.25, 0.3) is 11.3 Å². The molecule has 2 atom stereocenters. The van der Waals surface area contributed by atoms with Crippen molar-refractivity contribution in [1.82, 2.24) is 4.90 Å². The third-order valence-corrected chi connectivity index (χ3v) is 5.45. The van der Waals surface area contributed by atoms with Crippen molar-refractivity contribution in [2.24, 2.45) is 11.7 Å². The van der Waals surface area contributed by atoms with Gasteiger partial charge in [0.2, 0.25) is 0 Å². The number of hydrogen-bond acceptors (Lipinski definition) is 5. The molecule has 1 fully saturated rings. The summed E-state index contributed by atoms with van der Waals surface area (Å²) in [6.07, 6.45) is 0.